The van der Waals surface area contributed by atoms with Crippen molar-refractivity contribution in [3.8, 4) is 0 Å². The van der Waals surface area contributed by atoms with Gasteiger partial charge in [-0.2, -0.15) is 0 Å². The highest BCUT2D eigenvalue weighted by molar-refractivity contribution is 5.05. The van der Waals surface area contributed by atoms with Gasteiger partial charge >= 0.3 is 0 Å². The quantitative estimate of drug-likeness (QED) is 0.742. The molecule has 2 unspecified atom stereocenters. The lowest BCUT2D eigenvalue weighted by atomic mass is 9.81. The number of nitrogens with one attached hydrogen (secondary N) is 1. The maximum absolute atomic E-state index is 4.99. The zero-order chi connectivity index (χ0) is 8.39. The van der Waals surface area contributed by atoms with Crippen molar-refractivity contribution in [1.82, 2.24) is 5.32 Å². The van der Waals surface area contributed by atoms with Gasteiger partial charge in [0.2, 0.25) is 0 Å². The molecule has 1 N–H and O–H groups in total. The minimum atomic E-state index is 0.736. The minimum absolute atomic E-state index is 0.736. The van der Waals surface area contributed by atoms with Crippen LogP contribution in [0.2, 0.25) is 0 Å². The molecule has 2 nitrogen and oxygen atoms in total. The van der Waals surface area contributed by atoms with E-state index in [2.05, 4.69) is 12.2 Å². The molecule has 0 spiro atoms. The topological polar surface area (TPSA) is 25.2 Å². The van der Waals surface area contributed by atoms with Crippen LogP contribution < -0.4 is 5.32 Å². The molecule has 1 aliphatic rings. The van der Waals surface area contributed by atoms with Gasteiger partial charge in [0, 0.05) is 18.2 Å². The summed E-state index contributed by atoms with van der Waals surface area (Å²) in [6.45, 7) is 3.25. The van der Waals surface area contributed by atoms with E-state index in [0.717, 1.165) is 18.5 Å². The standard InChI is InChI=1S/C10H15NO/c1-8-2-3-10(8)11-6-9-4-5-12-7-9/h4-5,7-8,10-11H,2-3,6H2,1H3. The van der Waals surface area contributed by atoms with Gasteiger partial charge < -0.3 is 9.73 Å². The van der Waals surface area contributed by atoms with Crippen LogP contribution in [0.5, 0.6) is 0 Å². The monoisotopic (exact) mass is 165 g/mol. The van der Waals surface area contributed by atoms with Gasteiger partial charge in [-0.1, -0.05) is 6.92 Å². The highest BCUT2D eigenvalue weighted by Crippen LogP contribution is 2.26. The third-order valence-corrected chi connectivity index (χ3v) is 2.77. The third kappa shape index (κ3) is 1.53. The Morgan fingerprint density at radius 2 is 2.50 bits per heavy atom. The van der Waals surface area contributed by atoms with Gasteiger partial charge in [-0.3, -0.25) is 0 Å². The van der Waals surface area contributed by atoms with Crippen molar-refractivity contribution >= 4 is 0 Å². The summed E-state index contributed by atoms with van der Waals surface area (Å²) < 4.78 is 4.99. The second-order valence-electron chi connectivity index (χ2n) is 3.67. The first kappa shape index (κ1) is 7.87. The smallest absolute Gasteiger partial charge is 0.0947 e. The molecule has 2 heteroatoms. The summed E-state index contributed by atoms with van der Waals surface area (Å²) >= 11 is 0. The lowest BCUT2D eigenvalue weighted by Gasteiger charge is -2.34. The average molecular weight is 165 g/mol. The number of rotatable bonds is 3. The fourth-order valence-electron chi connectivity index (χ4n) is 1.61. The minimum Gasteiger partial charge on any atom is -0.472 e. The zero-order valence-corrected chi connectivity index (χ0v) is 7.42. The first-order valence-electron chi connectivity index (χ1n) is 4.61. The Bertz CT molecular complexity index is 230. The van der Waals surface area contributed by atoms with E-state index in [0.29, 0.717) is 0 Å². The summed E-state index contributed by atoms with van der Waals surface area (Å²) in [6, 6.07) is 2.75. The Kier molecular flexibility index (Phi) is 2.17. The molecule has 12 heavy (non-hydrogen) atoms. The highest BCUT2D eigenvalue weighted by atomic mass is 16.3. The van der Waals surface area contributed by atoms with Crippen molar-refractivity contribution in [3.05, 3.63) is 24.2 Å². The molecule has 1 saturated carbocycles. The fourth-order valence-corrected chi connectivity index (χ4v) is 1.61. The molecule has 0 radical (unpaired) electrons. The molecule has 0 aliphatic heterocycles. The van der Waals surface area contributed by atoms with Gasteiger partial charge in [-0.25, -0.2) is 0 Å². The maximum atomic E-state index is 4.99. The van der Waals surface area contributed by atoms with Gasteiger partial charge in [-0.05, 0) is 24.8 Å². The SMILES string of the molecule is CC1CCC1NCc1ccoc1. The largest absolute Gasteiger partial charge is 0.472 e. The molecule has 2 atom stereocenters. The number of hydrogen-bond acceptors (Lipinski definition) is 2. The predicted octanol–water partition coefficient (Wildman–Crippen LogP) is 2.17. The summed E-state index contributed by atoms with van der Waals surface area (Å²) in [7, 11) is 0. The summed E-state index contributed by atoms with van der Waals surface area (Å²) in [4.78, 5) is 0. The lowest BCUT2D eigenvalue weighted by Crippen LogP contribution is -2.41. The Labute approximate surface area is 73.0 Å². The Morgan fingerprint density at radius 1 is 1.58 bits per heavy atom. The van der Waals surface area contributed by atoms with Gasteiger partial charge in [-0.15, -0.1) is 0 Å². The van der Waals surface area contributed by atoms with E-state index >= 15 is 0 Å². The molecular weight excluding hydrogens is 150 g/mol. The third-order valence-electron chi connectivity index (χ3n) is 2.77. The van der Waals surface area contributed by atoms with Crippen LogP contribution in [0, 0.1) is 5.92 Å². The predicted molar refractivity (Wildman–Crippen MR) is 47.7 cm³/mol. The number of furan rings is 1. The summed E-state index contributed by atoms with van der Waals surface area (Å²) in [5.74, 6) is 0.858. The molecule has 66 valence electrons. The van der Waals surface area contributed by atoms with Crippen LogP contribution in [0.3, 0.4) is 0 Å². The van der Waals surface area contributed by atoms with E-state index in [-0.39, 0.29) is 0 Å². The van der Waals surface area contributed by atoms with Crippen molar-refractivity contribution in [1.29, 1.82) is 0 Å². The van der Waals surface area contributed by atoms with Crippen LogP contribution >= 0.6 is 0 Å². The second-order valence-corrected chi connectivity index (χ2v) is 3.67. The zero-order valence-electron chi connectivity index (χ0n) is 7.42. The molecule has 0 bridgehead atoms. The van der Waals surface area contributed by atoms with Crippen molar-refractivity contribution in [2.45, 2.75) is 32.4 Å². The van der Waals surface area contributed by atoms with Gasteiger partial charge in [0.15, 0.2) is 0 Å². The van der Waals surface area contributed by atoms with Crippen molar-refractivity contribution < 1.29 is 4.42 Å². The molecular formula is C10H15NO. The average Bonchev–Trinajstić information content (AvgIpc) is 2.54. The Balaban J connectivity index is 1.75. The normalized spacial score (nSPS) is 28.4. The number of hydrogen-bond donors (Lipinski definition) is 1. The van der Waals surface area contributed by atoms with E-state index in [9.17, 15) is 0 Å². The van der Waals surface area contributed by atoms with Crippen molar-refractivity contribution in [2.24, 2.45) is 5.92 Å². The molecule has 1 fully saturated rings. The van der Waals surface area contributed by atoms with E-state index in [1.54, 1.807) is 12.5 Å². The molecule has 0 amide bonds. The lowest BCUT2D eigenvalue weighted by molar-refractivity contribution is 0.228. The van der Waals surface area contributed by atoms with E-state index in [4.69, 9.17) is 4.42 Å². The second kappa shape index (κ2) is 3.31. The first-order valence-corrected chi connectivity index (χ1v) is 4.61. The van der Waals surface area contributed by atoms with Gasteiger partial charge in [0.1, 0.15) is 0 Å². The van der Waals surface area contributed by atoms with Gasteiger partial charge in [0.25, 0.3) is 0 Å². The Hall–Kier alpha value is -0.760. The molecule has 1 aromatic rings. The van der Waals surface area contributed by atoms with Crippen LogP contribution in [0.1, 0.15) is 25.3 Å². The Morgan fingerprint density at radius 3 is 3.00 bits per heavy atom. The van der Waals surface area contributed by atoms with Crippen molar-refractivity contribution in [2.75, 3.05) is 0 Å². The van der Waals surface area contributed by atoms with E-state index in [1.165, 1.54) is 18.4 Å². The molecule has 1 heterocycles. The maximum Gasteiger partial charge on any atom is 0.0947 e. The summed E-state index contributed by atoms with van der Waals surface area (Å²) in [6.07, 6.45) is 6.24. The molecule has 1 aromatic heterocycles. The van der Waals surface area contributed by atoms with Crippen LogP contribution in [0.4, 0.5) is 0 Å². The van der Waals surface area contributed by atoms with Crippen LogP contribution in [-0.4, -0.2) is 6.04 Å². The molecule has 2 rings (SSSR count). The van der Waals surface area contributed by atoms with Crippen LogP contribution in [0.25, 0.3) is 0 Å². The molecule has 0 saturated heterocycles. The van der Waals surface area contributed by atoms with Crippen LogP contribution in [0.15, 0.2) is 23.0 Å². The van der Waals surface area contributed by atoms with Crippen LogP contribution in [-0.2, 0) is 6.54 Å². The first-order chi connectivity index (χ1) is 5.86. The van der Waals surface area contributed by atoms with Gasteiger partial charge in [0.05, 0.1) is 12.5 Å². The summed E-state index contributed by atoms with van der Waals surface area (Å²) in [5.41, 5.74) is 1.24. The summed E-state index contributed by atoms with van der Waals surface area (Å²) in [5, 5.41) is 3.51. The van der Waals surface area contributed by atoms with Crippen molar-refractivity contribution in [3.63, 3.8) is 0 Å². The molecule has 0 aromatic carbocycles. The van der Waals surface area contributed by atoms with E-state index < -0.39 is 0 Å². The van der Waals surface area contributed by atoms with E-state index in [1.807, 2.05) is 6.07 Å². The fraction of sp³-hybridized carbons (Fsp3) is 0.600. The molecule has 1 aliphatic carbocycles. The highest BCUT2D eigenvalue weighted by Gasteiger charge is 2.25.